The minimum atomic E-state index is -0.0539. The van der Waals surface area contributed by atoms with Gasteiger partial charge in [0.1, 0.15) is 0 Å². The van der Waals surface area contributed by atoms with Crippen LogP contribution in [0.4, 0.5) is 0 Å². The van der Waals surface area contributed by atoms with Gasteiger partial charge in [0, 0.05) is 12.1 Å². The predicted octanol–water partition coefficient (Wildman–Crippen LogP) is 5.57. The fraction of sp³-hybridized carbons (Fsp3) is 0.125. The van der Waals surface area contributed by atoms with E-state index in [0.29, 0.717) is 12.1 Å². The van der Waals surface area contributed by atoms with E-state index in [4.69, 9.17) is 0 Å². The predicted molar refractivity (Wildman–Crippen MR) is 109 cm³/mol. The van der Waals surface area contributed by atoms with E-state index in [1.807, 2.05) is 48.5 Å². The number of amides is 1. The second-order valence-electron chi connectivity index (χ2n) is 6.32. The van der Waals surface area contributed by atoms with Crippen molar-refractivity contribution in [2.24, 2.45) is 0 Å². The Labute approximate surface area is 155 Å². The zero-order valence-electron chi connectivity index (χ0n) is 15.2. The molecule has 3 rings (SSSR count). The van der Waals surface area contributed by atoms with Gasteiger partial charge in [-0.15, -0.1) is 0 Å². The molecule has 2 heteroatoms. The highest BCUT2D eigenvalue weighted by atomic mass is 16.1. The molecule has 0 saturated carbocycles. The molecular weight excluding hydrogens is 318 g/mol. The lowest BCUT2D eigenvalue weighted by Gasteiger charge is -2.14. The van der Waals surface area contributed by atoms with Crippen LogP contribution in [0.3, 0.4) is 0 Å². The van der Waals surface area contributed by atoms with Crippen LogP contribution in [0.15, 0.2) is 84.9 Å². The van der Waals surface area contributed by atoms with Crippen LogP contribution >= 0.6 is 0 Å². The highest BCUT2D eigenvalue weighted by molar-refractivity contribution is 5.94. The summed E-state index contributed by atoms with van der Waals surface area (Å²) in [5.41, 5.74) is 6.64. The molecular formula is C24H23NO. The number of hydrogen-bond donors (Lipinski definition) is 1. The molecule has 0 fully saturated rings. The third kappa shape index (κ3) is 4.09. The first kappa shape index (κ1) is 17.7. The second-order valence-corrected chi connectivity index (χ2v) is 6.32. The topological polar surface area (TPSA) is 29.1 Å². The standard InChI is InChI=1S/C24H23NO/c1-18(20-11-5-3-6-12-20)19(2)23-16-10-9-15-22(23)17-25-24(26)21-13-7-4-8-14-21/h3-16H,17H2,1-2H3,(H,25,26)/b19-18-. The molecule has 0 bridgehead atoms. The molecule has 0 heterocycles. The van der Waals surface area contributed by atoms with Crippen LogP contribution in [0.25, 0.3) is 11.1 Å². The van der Waals surface area contributed by atoms with Crippen molar-refractivity contribution < 1.29 is 4.79 Å². The molecule has 0 aliphatic heterocycles. The minimum absolute atomic E-state index is 0.0539. The van der Waals surface area contributed by atoms with E-state index >= 15 is 0 Å². The molecule has 2 nitrogen and oxygen atoms in total. The molecule has 0 spiro atoms. The highest BCUT2D eigenvalue weighted by Gasteiger charge is 2.10. The van der Waals surface area contributed by atoms with Gasteiger partial charge in [0.25, 0.3) is 5.91 Å². The maximum absolute atomic E-state index is 12.3. The lowest BCUT2D eigenvalue weighted by molar-refractivity contribution is 0.0951. The monoisotopic (exact) mass is 341 g/mol. The van der Waals surface area contributed by atoms with Crippen molar-refractivity contribution in [2.45, 2.75) is 20.4 Å². The van der Waals surface area contributed by atoms with E-state index in [1.165, 1.54) is 22.3 Å². The van der Waals surface area contributed by atoms with E-state index in [2.05, 4.69) is 55.6 Å². The summed E-state index contributed by atoms with van der Waals surface area (Å²) in [6, 6.07) is 27.9. The van der Waals surface area contributed by atoms with Crippen molar-refractivity contribution in [3.05, 3.63) is 107 Å². The van der Waals surface area contributed by atoms with Crippen molar-refractivity contribution in [3.63, 3.8) is 0 Å². The number of carbonyl (C=O) groups excluding carboxylic acids is 1. The van der Waals surface area contributed by atoms with Crippen molar-refractivity contribution in [2.75, 3.05) is 0 Å². The molecule has 0 unspecified atom stereocenters. The highest BCUT2D eigenvalue weighted by Crippen LogP contribution is 2.27. The van der Waals surface area contributed by atoms with Gasteiger partial charge in [-0.05, 0) is 53.8 Å². The molecule has 1 N–H and O–H groups in total. The average molecular weight is 341 g/mol. The van der Waals surface area contributed by atoms with Gasteiger partial charge >= 0.3 is 0 Å². The molecule has 0 aliphatic carbocycles. The van der Waals surface area contributed by atoms with Crippen molar-refractivity contribution >= 4 is 17.1 Å². The Hall–Kier alpha value is -3.13. The Morgan fingerprint density at radius 2 is 1.23 bits per heavy atom. The van der Waals surface area contributed by atoms with Gasteiger partial charge in [0.15, 0.2) is 0 Å². The maximum atomic E-state index is 12.3. The summed E-state index contributed by atoms with van der Waals surface area (Å²) in [6.45, 7) is 4.79. The smallest absolute Gasteiger partial charge is 0.251 e. The van der Waals surface area contributed by atoms with Gasteiger partial charge in [-0.1, -0.05) is 72.8 Å². The molecule has 3 aromatic carbocycles. The first-order valence-corrected chi connectivity index (χ1v) is 8.81. The molecule has 0 atom stereocenters. The van der Waals surface area contributed by atoms with Crippen LogP contribution in [0, 0.1) is 0 Å². The molecule has 3 aromatic rings. The number of allylic oxidation sites excluding steroid dienone is 2. The van der Waals surface area contributed by atoms with Gasteiger partial charge in [-0.2, -0.15) is 0 Å². The van der Waals surface area contributed by atoms with E-state index < -0.39 is 0 Å². The maximum Gasteiger partial charge on any atom is 0.251 e. The summed E-state index contributed by atoms with van der Waals surface area (Å²) in [5, 5.41) is 3.03. The summed E-state index contributed by atoms with van der Waals surface area (Å²) in [7, 11) is 0. The first-order chi connectivity index (χ1) is 12.7. The molecule has 0 saturated heterocycles. The van der Waals surface area contributed by atoms with E-state index in [-0.39, 0.29) is 5.91 Å². The molecule has 0 aromatic heterocycles. The van der Waals surface area contributed by atoms with E-state index in [0.717, 1.165) is 5.56 Å². The summed E-state index contributed by atoms with van der Waals surface area (Å²) in [6.07, 6.45) is 0. The number of nitrogens with one attached hydrogen (secondary N) is 1. The third-order valence-electron chi connectivity index (χ3n) is 4.67. The first-order valence-electron chi connectivity index (χ1n) is 8.81. The van der Waals surface area contributed by atoms with Crippen LogP contribution in [0.2, 0.25) is 0 Å². The van der Waals surface area contributed by atoms with Crippen molar-refractivity contribution in [3.8, 4) is 0 Å². The van der Waals surface area contributed by atoms with Crippen LogP contribution in [0.1, 0.15) is 40.9 Å². The fourth-order valence-corrected chi connectivity index (χ4v) is 3.01. The number of hydrogen-bond acceptors (Lipinski definition) is 1. The number of rotatable bonds is 5. The summed E-state index contributed by atoms with van der Waals surface area (Å²) >= 11 is 0. The number of benzene rings is 3. The van der Waals surface area contributed by atoms with Gasteiger partial charge < -0.3 is 5.32 Å². The van der Waals surface area contributed by atoms with E-state index in [1.54, 1.807) is 0 Å². The molecule has 0 radical (unpaired) electrons. The van der Waals surface area contributed by atoms with Gasteiger partial charge in [0.2, 0.25) is 0 Å². The SMILES string of the molecule is C/C(=C(\C)c1ccccc1CNC(=O)c1ccccc1)c1ccccc1. The average Bonchev–Trinajstić information content (AvgIpc) is 2.72. The lowest BCUT2D eigenvalue weighted by atomic mass is 9.93. The second kappa shape index (κ2) is 8.30. The van der Waals surface area contributed by atoms with Crippen molar-refractivity contribution in [1.29, 1.82) is 0 Å². The molecule has 130 valence electrons. The van der Waals surface area contributed by atoms with Crippen LogP contribution in [0.5, 0.6) is 0 Å². The summed E-state index contributed by atoms with van der Waals surface area (Å²) < 4.78 is 0. The van der Waals surface area contributed by atoms with Crippen molar-refractivity contribution in [1.82, 2.24) is 5.32 Å². The molecule has 1 amide bonds. The fourth-order valence-electron chi connectivity index (χ4n) is 3.01. The zero-order chi connectivity index (χ0) is 18.4. The van der Waals surface area contributed by atoms with Crippen LogP contribution < -0.4 is 5.32 Å². The molecule has 0 aliphatic rings. The Bertz CT molecular complexity index is 911. The quantitative estimate of drug-likeness (QED) is 0.604. The zero-order valence-corrected chi connectivity index (χ0v) is 15.2. The minimum Gasteiger partial charge on any atom is -0.348 e. The Balaban J connectivity index is 1.83. The summed E-state index contributed by atoms with van der Waals surface area (Å²) in [5.74, 6) is -0.0539. The Morgan fingerprint density at radius 3 is 1.88 bits per heavy atom. The lowest BCUT2D eigenvalue weighted by Crippen LogP contribution is -2.23. The normalized spacial score (nSPS) is 11.6. The number of carbonyl (C=O) groups is 1. The largest absolute Gasteiger partial charge is 0.348 e. The van der Waals surface area contributed by atoms with Crippen LogP contribution in [-0.2, 0) is 6.54 Å². The summed E-state index contributed by atoms with van der Waals surface area (Å²) in [4.78, 5) is 12.3. The van der Waals surface area contributed by atoms with E-state index in [9.17, 15) is 4.79 Å². The van der Waals surface area contributed by atoms with Gasteiger partial charge in [-0.25, -0.2) is 0 Å². The van der Waals surface area contributed by atoms with Gasteiger partial charge in [-0.3, -0.25) is 4.79 Å². The van der Waals surface area contributed by atoms with Crippen LogP contribution in [-0.4, -0.2) is 5.91 Å². The third-order valence-corrected chi connectivity index (χ3v) is 4.67. The van der Waals surface area contributed by atoms with Gasteiger partial charge in [0.05, 0.1) is 0 Å². The molecule has 26 heavy (non-hydrogen) atoms. The Morgan fingerprint density at radius 1 is 0.692 bits per heavy atom. The Kier molecular flexibility index (Phi) is 5.65.